The molecular formula is C22H40IN5O3. The van der Waals surface area contributed by atoms with Crippen LogP contribution in [0.4, 0.5) is 0 Å². The summed E-state index contributed by atoms with van der Waals surface area (Å²) in [4.78, 5) is 11.3. The molecule has 1 unspecified atom stereocenters. The van der Waals surface area contributed by atoms with Crippen LogP contribution in [0.25, 0.3) is 0 Å². The second-order valence-corrected chi connectivity index (χ2v) is 8.41. The van der Waals surface area contributed by atoms with E-state index in [0.717, 1.165) is 95.1 Å². The average molecular weight is 549 g/mol. The molecule has 3 heterocycles. The Labute approximate surface area is 203 Å². The first kappa shape index (κ1) is 26.3. The number of hydrogen-bond acceptors (Lipinski definition) is 6. The Bertz CT molecular complexity index is 636. The van der Waals surface area contributed by atoms with Gasteiger partial charge in [0.15, 0.2) is 5.96 Å². The van der Waals surface area contributed by atoms with E-state index < -0.39 is 0 Å². The van der Waals surface area contributed by atoms with Crippen molar-refractivity contribution in [3.8, 4) is 0 Å². The number of nitrogens with one attached hydrogen (secondary N) is 2. The lowest BCUT2D eigenvalue weighted by atomic mass is 9.97. The summed E-state index contributed by atoms with van der Waals surface area (Å²) < 4.78 is 17.0. The standard InChI is InChI=1S/C22H39N5O3.HI/c1-17-18(2)30-21(26-17)15-27-10-7-19(8-11-27)14-25-22(23-3)24-9-5-12-28-16-20-6-4-13-29-20;/h19-20H,4-16H2,1-3H3,(H2,23,24,25);1H. The number of nitrogens with zero attached hydrogens (tertiary/aromatic N) is 3. The molecule has 0 saturated carbocycles. The van der Waals surface area contributed by atoms with Gasteiger partial charge in [0.2, 0.25) is 5.89 Å². The Kier molecular flexibility index (Phi) is 12.1. The van der Waals surface area contributed by atoms with Crippen molar-refractivity contribution in [3.63, 3.8) is 0 Å². The molecule has 0 aliphatic carbocycles. The average Bonchev–Trinajstić information content (AvgIpc) is 3.37. The predicted molar refractivity (Wildman–Crippen MR) is 133 cm³/mol. The number of aliphatic imine (C=N–C) groups is 1. The van der Waals surface area contributed by atoms with Crippen molar-refractivity contribution >= 4 is 29.9 Å². The minimum atomic E-state index is 0. The van der Waals surface area contributed by atoms with Crippen LogP contribution in [0.2, 0.25) is 0 Å². The molecule has 1 aromatic rings. The van der Waals surface area contributed by atoms with Crippen molar-refractivity contribution in [1.82, 2.24) is 20.5 Å². The predicted octanol–water partition coefficient (Wildman–Crippen LogP) is 2.87. The highest BCUT2D eigenvalue weighted by molar-refractivity contribution is 14.0. The number of hydrogen-bond donors (Lipinski definition) is 2. The van der Waals surface area contributed by atoms with Gasteiger partial charge in [-0.1, -0.05) is 0 Å². The number of oxazole rings is 1. The zero-order valence-corrected chi connectivity index (χ0v) is 21.7. The SMILES string of the molecule is CN=C(NCCCOCC1CCCO1)NCC1CCN(Cc2nc(C)c(C)o2)CC1.I. The molecule has 2 aliphatic rings. The quantitative estimate of drug-likeness (QED) is 0.201. The summed E-state index contributed by atoms with van der Waals surface area (Å²) in [5.74, 6) is 3.31. The second-order valence-electron chi connectivity index (χ2n) is 8.41. The van der Waals surface area contributed by atoms with E-state index in [2.05, 4.69) is 25.5 Å². The first-order valence-electron chi connectivity index (χ1n) is 11.4. The smallest absolute Gasteiger partial charge is 0.208 e. The molecular weight excluding hydrogens is 509 g/mol. The second kappa shape index (κ2) is 14.3. The molecule has 9 heteroatoms. The number of halogens is 1. The van der Waals surface area contributed by atoms with Gasteiger partial charge in [-0.05, 0) is 65.0 Å². The third-order valence-corrected chi connectivity index (χ3v) is 6.01. The molecule has 0 amide bonds. The fourth-order valence-electron chi connectivity index (χ4n) is 3.98. The lowest BCUT2D eigenvalue weighted by Gasteiger charge is -2.31. The number of aryl methyl sites for hydroxylation is 2. The molecule has 2 saturated heterocycles. The van der Waals surface area contributed by atoms with Crippen LogP contribution in [0.1, 0.15) is 49.4 Å². The monoisotopic (exact) mass is 549 g/mol. The molecule has 2 aliphatic heterocycles. The molecule has 8 nitrogen and oxygen atoms in total. The van der Waals surface area contributed by atoms with Crippen molar-refractivity contribution in [1.29, 1.82) is 0 Å². The molecule has 1 aromatic heterocycles. The van der Waals surface area contributed by atoms with E-state index in [1.165, 1.54) is 12.8 Å². The summed E-state index contributed by atoms with van der Waals surface area (Å²) in [6.07, 6.45) is 5.93. The molecule has 0 radical (unpaired) electrons. The molecule has 178 valence electrons. The highest BCUT2D eigenvalue weighted by Gasteiger charge is 2.21. The fourth-order valence-corrected chi connectivity index (χ4v) is 3.98. The van der Waals surface area contributed by atoms with Crippen molar-refractivity contribution < 1.29 is 13.9 Å². The van der Waals surface area contributed by atoms with Crippen LogP contribution in [-0.2, 0) is 16.0 Å². The summed E-state index contributed by atoms with van der Waals surface area (Å²) in [5.41, 5.74) is 0.998. The third-order valence-electron chi connectivity index (χ3n) is 6.01. The van der Waals surface area contributed by atoms with Crippen LogP contribution in [0, 0.1) is 19.8 Å². The zero-order chi connectivity index (χ0) is 21.2. The van der Waals surface area contributed by atoms with E-state index in [1.807, 2.05) is 20.9 Å². The molecule has 0 aromatic carbocycles. The Balaban J connectivity index is 0.00000341. The largest absolute Gasteiger partial charge is 0.444 e. The number of piperidine rings is 1. The molecule has 2 fully saturated rings. The third kappa shape index (κ3) is 9.23. The highest BCUT2D eigenvalue weighted by Crippen LogP contribution is 2.19. The minimum Gasteiger partial charge on any atom is -0.444 e. The van der Waals surface area contributed by atoms with E-state index >= 15 is 0 Å². The summed E-state index contributed by atoms with van der Waals surface area (Å²) in [5, 5.41) is 6.86. The van der Waals surface area contributed by atoms with Crippen LogP contribution in [0.5, 0.6) is 0 Å². The van der Waals surface area contributed by atoms with Gasteiger partial charge in [0.05, 0.1) is 24.9 Å². The van der Waals surface area contributed by atoms with E-state index in [-0.39, 0.29) is 24.0 Å². The molecule has 3 rings (SSSR count). The van der Waals surface area contributed by atoms with Crippen molar-refractivity contribution in [3.05, 3.63) is 17.3 Å². The lowest BCUT2D eigenvalue weighted by molar-refractivity contribution is 0.0168. The number of aromatic nitrogens is 1. The van der Waals surface area contributed by atoms with Crippen molar-refractivity contribution in [2.24, 2.45) is 10.9 Å². The van der Waals surface area contributed by atoms with E-state index in [4.69, 9.17) is 13.9 Å². The summed E-state index contributed by atoms with van der Waals surface area (Å²) in [6.45, 7) is 11.1. The van der Waals surface area contributed by atoms with E-state index in [0.29, 0.717) is 12.0 Å². The first-order chi connectivity index (χ1) is 14.6. The van der Waals surface area contributed by atoms with Gasteiger partial charge in [-0.15, -0.1) is 24.0 Å². The number of likely N-dealkylation sites (tertiary alicyclic amines) is 1. The first-order valence-corrected chi connectivity index (χ1v) is 11.4. The molecule has 1 atom stereocenters. The fraction of sp³-hybridized carbons (Fsp3) is 0.818. The van der Waals surface area contributed by atoms with Gasteiger partial charge in [-0.25, -0.2) is 4.98 Å². The summed E-state index contributed by atoms with van der Waals surface area (Å²) in [6, 6.07) is 0. The highest BCUT2D eigenvalue weighted by atomic mass is 127. The maximum absolute atomic E-state index is 5.72. The van der Waals surface area contributed by atoms with Crippen molar-refractivity contribution in [2.45, 2.75) is 58.6 Å². The zero-order valence-electron chi connectivity index (χ0n) is 19.3. The lowest BCUT2D eigenvalue weighted by Crippen LogP contribution is -2.43. The maximum atomic E-state index is 5.72. The van der Waals surface area contributed by atoms with Crippen LogP contribution in [0.3, 0.4) is 0 Å². The Morgan fingerprint density at radius 2 is 2.03 bits per heavy atom. The molecule has 2 N–H and O–H groups in total. The van der Waals surface area contributed by atoms with Gasteiger partial charge in [0.1, 0.15) is 5.76 Å². The van der Waals surface area contributed by atoms with E-state index in [1.54, 1.807) is 0 Å². The topological polar surface area (TPSA) is 84.2 Å². The number of rotatable bonds is 10. The minimum absolute atomic E-state index is 0. The van der Waals surface area contributed by atoms with Gasteiger partial charge < -0.3 is 24.5 Å². The molecule has 0 spiro atoms. The summed E-state index contributed by atoms with van der Waals surface area (Å²) in [7, 11) is 1.83. The number of ether oxygens (including phenoxy) is 2. The number of guanidine groups is 1. The summed E-state index contributed by atoms with van der Waals surface area (Å²) >= 11 is 0. The van der Waals surface area contributed by atoms with Gasteiger partial charge in [0, 0.05) is 33.4 Å². The van der Waals surface area contributed by atoms with E-state index in [9.17, 15) is 0 Å². The van der Waals surface area contributed by atoms with Crippen LogP contribution < -0.4 is 10.6 Å². The van der Waals surface area contributed by atoms with Gasteiger partial charge in [-0.2, -0.15) is 0 Å². The molecule has 0 bridgehead atoms. The van der Waals surface area contributed by atoms with Crippen LogP contribution in [0.15, 0.2) is 9.41 Å². The van der Waals surface area contributed by atoms with Gasteiger partial charge >= 0.3 is 0 Å². The van der Waals surface area contributed by atoms with Gasteiger partial charge in [0.25, 0.3) is 0 Å². The Morgan fingerprint density at radius 3 is 2.68 bits per heavy atom. The van der Waals surface area contributed by atoms with Crippen LogP contribution in [-0.4, -0.2) is 75.0 Å². The Hall–Kier alpha value is -0.910. The Morgan fingerprint density at radius 1 is 1.23 bits per heavy atom. The van der Waals surface area contributed by atoms with Crippen molar-refractivity contribution in [2.75, 3.05) is 53.0 Å². The van der Waals surface area contributed by atoms with Crippen LogP contribution >= 0.6 is 24.0 Å². The maximum Gasteiger partial charge on any atom is 0.208 e. The normalized spacial score (nSPS) is 20.6. The van der Waals surface area contributed by atoms with Gasteiger partial charge in [-0.3, -0.25) is 9.89 Å². The molecule has 31 heavy (non-hydrogen) atoms.